The van der Waals surface area contributed by atoms with Crippen LogP contribution in [0, 0.1) is 11.7 Å². The molecule has 4 nitrogen and oxygen atoms in total. The summed E-state index contributed by atoms with van der Waals surface area (Å²) < 4.78 is 13.5. The van der Waals surface area contributed by atoms with E-state index in [2.05, 4.69) is 34.6 Å². The van der Waals surface area contributed by atoms with Gasteiger partial charge in [-0.25, -0.2) is 4.39 Å². The molecule has 0 unspecified atom stereocenters. The maximum absolute atomic E-state index is 13.5. The van der Waals surface area contributed by atoms with Crippen molar-refractivity contribution in [2.24, 2.45) is 5.92 Å². The molecule has 1 aliphatic heterocycles. The third-order valence-corrected chi connectivity index (χ3v) is 4.85. The highest BCUT2D eigenvalue weighted by Gasteiger charge is 2.15. The largest absolute Gasteiger partial charge is 0.385 e. The van der Waals surface area contributed by atoms with Crippen LogP contribution in [0.1, 0.15) is 26.2 Å². The van der Waals surface area contributed by atoms with Crippen molar-refractivity contribution in [3.63, 3.8) is 0 Å². The summed E-state index contributed by atoms with van der Waals surface area (Å²) in [6, 6.07) is 14.5. The van der Waals surface area contributed by atoms with Gasteiger partial charge in [0.15, 0.2) is 0 Å². The number of halogens is 1. The summed E-state index contributed by atoms with van der Waals surface area (Å²) in [6.45, 7) is 5.04. The SMILES string of the molecule is CC1CCN(c2ccc(NCCC(=O)Nc3ccccc3F)cc2)CC1. The van der Waals surface area contributed by atoms with Crippen molar-refractivity contribution in [1.29, 1.82) is 0 Å². The second-order valence-electron chi connectivity index (χ2n) is 6.92. The van der Waals surface area contributed by atoms with Gasteiger partial charge in [0.2, 0.25) is 5.91 Å². The van der Waals surface area contributed by atoms with Gasteiger partial charge in [-0.1, -0.05) is 19.1 Å². The number of benzene rings is 2. The Bertz CT molecular complexity index is 724. The molecule has 5 heteroatoms. The molecule has 0 spiro atoms. The number of amides is 1. The van der Waals surface area contributed by atoms with Gasteiger partial charge in [-0.3, -0.25) is 4.79 Å². The molecule has 2 aromatic carbocycles. The van der Waals surface area contributed by atoms with Crippen LogP contribution in [0.5, 0.6) is 0 Å². The highest BCUT2D eigenvalue weighted by atomic mass is 19.1. The molecule has 1 aliphatic rings. The first-order valence-electron chi connectivity index (χ1n) is 9.25. The molecule has 0 atom stereocenters. The van der Waals surface area contributed by atoms with E-state index >= 15 is 0 Å². The van der Waals surface area contributed by atoms with Crippen molar-refractivity contribution in [3.8, 4) is 0 Å². The van der Waals surface area contributed by atoms with Crippen molar-refractivity contribution < 1.29 is 9.18 Å². The number of piperidine rings is 1. The topological polar surface area (TPSA) is 44.4 Å². The van der Waals surface area contributed by atoms with Crippen molar-refractivity contribution >= 4 is 23.0 Å². The smallest absolute Gasteiger partial charge is 0.226 e. The Labute approximate surface area is 154 Å². The van der Waals surface area contributed by atoms with Gasteiger partial charge in [-0.05, 0) is 55.2 Å². The van der Waals surface area contributed by atoms with Gasteiger partial charge in [0.05, 0.1) is 5.69 Å². The van der Waals surface area contributed by atoms with Crippen LogP contribution < -0.4 is 15.5 Å². The summed E-state index contributed by atoms with van der Waals surface area (Å²) in [6.07, 6.45) is 2.77. The summed E-state index contributed by atoms with van der Waals surface area (Å²) in [5.41, 5.74) is 2.45. The first-order valence-corrected chi connectivity index (χ1v) is 9.25. The summed E-state index contributed by atoms with van der Waals surface area (Å²) in [7, 11) is 0. The summed E-state index contributed by atoms with van der Waals surface area (Å²) in [4.78, 5) is 14.3. The minimum Gasteiger partial charge on any atom is -0.385 e. The van der Waals surface area contributed by atoms with E-state index in [4.69, 9.17) is 0 Å². The number of rotatable bonds is 6. The second-order valence-corrected chi connectivity index (χ2v) is 6.92. The van der Waals surface area contributed by atoms with Crippen LogP contribution in [-0.4, -0.2) is 25.5 Å². The molecular weight excluding hydrogens is 329 g/mol. The maximum Gasteiger partial charge on any atom is 0.226 e. The molecule has 26 heavy (non-hydrogen) atoms. The molecule has 0 radical (unpaired) electrons. The molecule has 1 amide bonds. The molecule has 1 heterocycles. The third kappa shape index (κ3) is 4.97. The molecule has 0 aliphatic carbocycles. The number of anilines is 3. The third-order valence-electron chi connectivity index (χ3n) is 4.85. The summed E-state index contributed by atoms with van der Waals surface area (Å²) in [5, 5.41) is 5.83. The lowest BCUT2D eigenvalue weighted by atomic mass is 9.99. The van der Waals surface area contributed by atoms with Gasteiger partial charge in [-0.2, -0.15) is 0 Å². The highest BCUT2D eigenvalue weighted by Crippen LogP contribution is 2.24. The number of carbonyl (C=O) groups is 1. The lowest BCUT2D eigenvalue weighted by Crippen LogP contribution is -2.32. The predicted octanol–water partition coefficient (Wildman–Crippen LogP) is 4.50. The Morgan fingerprint density at radius 2 is 1.81 bits per heavy atom. The molecule has 0 saturated carbocycles. The molecule has 2 aromatic rings. The van der Waals surface area contributed by atoms with E-state index in [0.717, 1.165) is 24.7 Å². The van der Waals surface area contributed by atoms with Gasteiger partial charge < -0.3 is 15.5 Å². The molecule has 2 N–H and O–H groups in total. The average Bonchev–Trinajstić information content (AvgIpc) is 2.65. The van der Waals surface area contributed by atoms with Crippen molar-refractivity contribution in [2.45, 2.75) is 26.2 Å². The molecule has 138 valence electrons. The molecule has 1 saturated heterocycles. The van der Waals surface area contributed by atoms with Gasteiger partial charge in [-0.15, -0.1) is 0 Å². The Morgan fingerprint density at radius 3 is 2.50 bits per heavy atom. The number of nitrogens with one attached hydrogen (secondary N) is 2. The van der Waals surface area contributed by atoms with Crippen LogP contribution in [0.3, 0.4) is 0 Å². The predicted molar refractivity (Wildman–Crippen MR) is 105 cm³/mol. The van der Waals surface area contributed by atoms with E-state index in [1.807, 2.05) is 12.1 Å². The molecule has 1 fully saturated rings. The molecule has 0 aromatic heterocycles. The van der Waals surface area contributed by atoms with Crippen LogP contribution in [0.15, 0.2) is 48.5 Å². The Hall–Kier alpha value is -2.56. The average molecular weight is 355 g/mol. The first-order chi connectivity index (χ1) is 12.6. The molecule has 0 bridgehead atoms. The fourth-order valence-corrected chi connectivity index (χ4v) is 3.15. The van der Waals surface area contributed by atoms with Gasteiger partial charge in [0.25, 0.3) is 0 Å². The fraction of sp³-hybridized carbons (Fsp3) is 0.381. The van der Waals surface area contributed by atoms with Crippen LogP contribution in [0.2, 0.25) is 0 Å². The van der Waals surface area contributed by atoms with E-state index in [1.54, 1.807) is 18.2 Å². The molecular formula is C21H26FN3O. The zero-order valence-corrected chi connectivity index (χ0v) is 15.2. The lowest BCUT2D eigenvalue weighted by molar-refractivity contribution is -0.116. The Morgan fingerprint density at radius 1 is 1.12 bits per heavy atom. The lowest BCUT2D eigenvalue weighted by Gasteiger charge is -2.32. The second kappa shape index (κ2) is 8.70. The summed E-state index contributed by atoms with van der Waals surface area (Å²) >= 11 is 0. The first kappa shape index (κ1) is 18.2. The standard InChI is InChI=1S/C21H26FN3O/c1-16-11-14-25(15-12-16)18-8-6-17(7-9-18)23-13-10-21(26)24-20-5-3-2-4-19(20)22/h2-9,16,23H,10-15H2,1H3,(H,24,26). The monoisotopic (exact) mass is 355 g/mol. The van der Waals surface area contributed by atoms with Crippen LogP contribution in [0.4, 0.5) is 21.5 Å². The number of nitrogens with zero attached hydrogens (tertiary/aromatic N) is 1. The Balaban J connectivity index is 1.43. The fourth-order valence-electron chi connectivity index (χ4n) is 3.15. The quantitative estimate of drug-likeness (QED) is 0.802. The number of hydrogen-bond donors (Lipinski definition) is 2. The van der Waals surface area contributed by atoms with Gasteiger partial charge >= 0.3 is 0 Å². The molecule has 3 rings (SSSR count). The van der Waals surface area contributed by atoms with Crippen LogP contribution in [-0.2, 0) is 4.79 Å². The summed E-state index contributed by atoms with van der Waals surface area (Å²) in [5.74, 6) is 0.195. The highest BCUT2D eigenvalue weighted by molar-refractivity contribution is 5.91. The number of hydrogen-bond acceptors (Lipinski definition) is 3. The number of para-hydroxylation sites is 1. The van der Waals surface area contributed by atoms with Crippen molar-refractivity contribution in [2.75, 3.05) is 35.2 Å². The van der Waals surface area contributed by atoms with Gasteiger partial charge in [0.1, 0.15) is 5.82 Å². The minimum absolute atomic E-state index is 0.207. The van der Waals surface area contributed by atoms with Crippen LogP contribution in [0.25, 0.3) is 0 Å². The maximum atomic E-state index is 13.5. The van der Waals surface area contributed by atoms with E-state index in [0.29, 0.717) is 6.54 Å². The van der Waals surface area contributed by atoms with Crippen molar-refractivity contribution in [1.82, 2.24) is 0 Å². The Kier molecular flexibility index (Phi) is 6.10. The van der Waals surface area contributed by atoms with Crippen molar-refractivity contribution in [3.05, 3.63) is 54.3 Å². The zero-order valence-electron chi connectivity index (χ0n) is 15.2. The van der Waals surface area contributed by atoms with E-state index in [-0.39, 0.29) is 18.0 Å². The zero-order chi connectivity index (χ0) is 18.4. The van der Waals surface area contributed by atoms with E-state index in [9.17, 15) is 9.18 Å². The minimum atomic E-state index is -0.420. The van der Waals surface area contributed by atoms with Gasteiger partial charge in [0, 0.05) is 37.4 Å². The number of carbonyl (C=O) groups excluding carboxylic acids is 1. The van der Waals surface area contributed by atoms with E-state index in [1.165, 1.54) is 24.6 Å². The van der Waals surface area contributed by atoms with E-state index < -0.39 is 5.82 Å². The van der Waals surface area contributed by atoms with Crippen LogP contribution >= 0.6 is 0 Å². The normalized spacial score (nSPS) is 14.9.